The molecule has 0 bridgehead atoms. The number of nitrogens with zero attached hydrogens (tertiary/aromatic N) is 3. The summed E-state index contributed by atoms with van der Waals surface area (Å²) >= 11 is 0. The summed E-state index contributed by atoms with van der Waals surface area (Å²) < 4.78 is 31.4. The number of aryl methyl sites for hydroxylation is 1. The summed E-state index contributed by atoms with van der Waals surface area (Å²) in [7, 11) is -1.59. The lowest BCUT2D eigenvalue weighted by Gasteiger charge is -2.13. The lowest BCUT2D eigenvalue weighted by atomic mass is 10.0. The topological polar surface area (TPSA) is 132 Å². The Hall–Kier alpha value is -4.25. The van der Waals surface area contributed by atoms with Crippen LogP contribution >= 0.6 is 0 Å². The molecule has 3 heterocycles. The summed E-state index contributed by atoms with van der Waals surface area (Å²) in [6.45, 7) is 3.21. The summed E-state index contributed by atoms with van der Waals surface area (Å²) in [5, 5.41) is 10.8. The molecule has 10 nitrogen and oxygen atoms in total. The molecular weight excluding hydrogens is 506 g/mol. The van der Waals surface area contributed by atoms with Crippen LogP contribution < -0.4 is 15.4 Å². The van der Waals surface area contributed by atoms with Gasteiger partial charge in [-0.25, -0.2) is 18.1 Å². The number of rotatable bonds is 6. The molecule has 0 aliphatic carbocycles. The van der Waals surface area contributed by atoms with Crippen molar-refractivity contribution >= 4 is 44.1 Å². The Bertz CT molecular complexity index is 1660. The van der Waals surface area contributed by atoms with Gasteiger partial charge in [0.05, 0.1) is 47.0 Å². The van der Waals surface area contributed by atoms with Crippen LogP contribution in [-0.4, -0.2) is 53.6 Å². The molecule has 2 aromatic carbocycles. The van der Waals surface area contributed by atoms with Crippen molar-refractivity contribution in [1.29, 1.82) is 0 Å². The maximum absolute atomic E-state index is 13.6. The van der Waals surface area contributed by atoms with Crippen molar-refractivity contribution in [2.24, 2.45) is 0 Å². The molecule has 1 unspecified atom stereocenters. The number of pyridine rings is 1. The van der Waals surface area contributed by atoms with Gasteiger partial charge in [0.15, 0.2) is 15.5 Å². The van der Waals surface area contributed by atoms with Gasteiger partial charge in [0.1, 0.15) is 5.75 Å². The number of sulfone groups is 1. The van der Waals surface area contributed by atoms with Crippen molar-refractivity contribution < 1.29 is 22.7 Å². The summed E-state index contributed by atoms with van der Waals surface area (Å²) in [5.41, 5.74) is 3.84. The first-order valence-corrected chi connectivity index (χ1v) is 13.9. The van der Waals surface area contributed by atoms with E-state index in [1.807, 2.05) is 24.3 Å². The van der Waals surface area contributed by atoms with Crippen molar-refractivity contribution in [2.45, 2.75) is 26.3 Å². The first kappa shape index (κ1) is 25.4. The van der Waals surface area contributed by atoms with Crippen LogP contribution in [0.2, 0.25) is 0 Å². The third-order valence-corrected chi connectivity index (χ3v) is 8.21. The molecule has 1 atom stereocenters. The van der Waals surface area contributed by atoms with E-state index in [9.17, 15) is 18.0 Å². The van der Waals surface area contributed by atoms with Crippen LogP contribution in [0.25, 0.3) is 22.3 Å². The first-order chi connectivity index (χ1) is 18.1. The predicted octanol–water partition coefficient (Wildman–Crippen LogP) is 3.99. The molecule has 1 aliphatic heterocycles. The van der Waals surface area contributed by atoms with E-state index in [4.69, 9.17) is 9.72 Å². The van der Waals surface area contributed by atoms with Crippen molar-refractivity contribution in [3.05, 3.63) is 65.9 Å². The van der Waals surface area contributed by atoms with Crippen molar-refractivity contribution in [3.63, 3.8) is 0 Å². The molecule has 11 heteroatoms. The molecule has 2 aromatic heterocycles. The maximum Gasteiger partial charge on any atom is 0.256 e. The Labute approximate surface area is 219 Å². The van der Waals surface area contributed by atoms with Gasteiger partial charge in [0.2, 0.25) is 5.91 Å². The van der Waals surface area contributed by atoms with E-state index in [-0.39, 0.29) is 29.4 Å². The van der Waals surface area contributed by atoms with E-state index in [0.29, 0.717) is 51.5 Å². The first-order valence-electron chi connectivity index (χ1n) is 12.1. The lowest BCUT2D eigenvalue weighted by molar-refractivity contribution is -0.114. The number of nitrogens with one attached hydrogen (secondary N) is 2. The summed E-state index contributed by atoms with van der Waals surface area (Å²) in [6.07, 6.45) is 0.436. The fourth-order valence-electron chi connectivity index (χ4n) is 4.68. The van der Waals surface area contributed by atoms with Gasteiger partial charge >= 0.3 is 0 Å². The highest BCUT2D eigenvalue weighted by Gasteiger charge is 2.32. The number of ether oxygens (including phenoxy) is 1. The quantitative estimate of drug-likeness (QED) is 0.383. The average molecular weight is 534 g/mol. The number of aromatic nitrogens is 3. The molecule has 4 aromatic rings. The lowest BCUT2D eigenvalue weighted by Crippen LogP contribution is -2.15. The minimum absolute atomic E-state index is 0.0174. The number of carbonyl (C=O) groups excluding carboxylic acids is 2. The zero-order valence-corrected chi connectivity index (χ0v) is 22.0. The Kier molecular flexibility index (Phi) is 6.62. The van der Waals surface area contributed by atoms with E-state index in [0.717, 1.165) is 5.56 Å². The van der Waals surface area contributed by atoms with Gasteiger partial charge in [0.25, 0.3) is 5.91 Å². The Morgan fingerprint density at radius 2 is 1.76 bits per heavy atom. The molecule has 38 heavy (non-hydrogen) atoms. The third kappa shape index (κ3) is 5.10. The van der Waals surface area contributed by atoms with Gasteiger partial charge in [-0.05, 0) is 55.8 Å². The number of carbonyl (C=O) groups is 2. The maximum atomic E-state index is 13.6. The molecule has 2 N–H and O–H groups in total. The van der Waals surface area contributed by atoms with Crippen LogP contribution in [0.4, 0.5) is 11.4 Å². The van der Waals surface area contributed by atoms with Crippen LogP contribution in [0.1, 0.15) is 35.4 Å². The minimum atomic E-state index is -3.16. The highest BCUT2D eigenvalue weighted by molar-refractivity contribution is 7.91. The molecule has 2 amide bonds. The number of anilines is 2. The van der Waals surface area contributed by atoms with Crippen molar-refractivity contribution in [2.75, 3.05) is 29.2 Å². The molecular formula is C27H27N5O5S. The average Bonchev–Trinajstić information content (AvgIpc) is 3.42. The normalized spacial score (nSPS) is 16.3. The molecule has 5 rings (SSSR count). The monoisotopic (exact) mass is 533 g/mol. The SMILES string of the molecule is COc1cccc(-c2cc(C(=O)Nc3ccc(NC(C)=O)cc3)c3c(C)nn(C4CCS(=O)(=O)C4)c3n2)c1. The molecule has 1 aliphatic rings. The Balaban J connectivity index is 1.61. The van der Waals surface area contributed by atoms with Gasteiger partial charge in [-0.15, -0.1) is 0 Å². The number of hydrogen-bond acceptors (Lipinski definition) is 7. The second kappa shape index (κ2) is 9.90. The molecule has 1 saturated heterocycles. The van der Waals surface area contributed by atoms with Gasteiger partial charge in [-0.2, -0.15) is 5.10 Å². The third-order valence-electron chi connectivity index (χ3n) is 6.46. The molecule has 0 saturated carbocycles. The van der Waals surface area contributed by atoms with E-state index in [2.05, 4.69) is 15.7 Å². The van der Waals surface area contributed by atoms with E-state index in [1.165, 1.54) is 6.92 Å². The van der Waals surface area contributed by atoms with E-state index in [1.54, 1.807) is 49.0 Å². The largest absolute Gasteiger partial charge is 0.497 e. The van der Waals surface area contributed by atoms with Crippen molar-refractivity contribution in [1.82, 2.24) is 14.8 Å². The highest BCUT2D eigenvalue weighted by atomic mass is 32.2. The van der Waals surface area contributed by atoms with E-state index >= 15 is 0 Å². The second-order valence-electron chi connectivity index (χ2n) is 9.29. The van der Waals surface area contributed by atoms with E-state index < -0.39 is 9.84 Å². The number of fused-ring (bicyclic) bond motifs is 1. The fourth-order valence-corrected chi connectivity index (χ4v) is 6.38. The summed E-state index contributed by atoms with van der Waals surface area (Å²) in [6, 6.07) is 15.5. The fraction of sp³-hybridized carbons (Fsp3) is 0.259. The number of amides is 2. The molecule has 1 fully saturated rings. The van der Waals surface area contributed by atoms with Gasteiger partial charge in [-0.3, -0.25) is 9.59 Å². The van der Waals surface area contributed by atoms with Crippen LogP contribution in [0.3, 0.4) is 0 Å². The second-order valence-corrected chi connectivity index (χ2v) is 11.5. The van der Waals surface area contributed by atoms with Crippen LogP contribution in [0.15, 0.2) is 54.6 Å². The van der Waals surface area contributed by atoms with Crippen LogP contribution in [0.5, 0.6) is 5.75 Å². The zero-order valence-electron chi connectivity index (χ0n) is 21.2. The van der Waals surface area contributed by atoms with Gasteiger partial charge in [-0.1, -0.05) is 12.1 Å². The standard InChI is InChI=1S/C27H27N5O5S/c1-16-25-23(27(34)29-20-9-7-19(8-10-20)28-17(2)33)14-24(18-5-4-6-22(13-18)37-3)30-26(25)32(31-16)21-11-12-38(35,36)15-21/h4-10,13-14,21H,11-12,15H2,1-3H3,(H,28,33)(H,29,34). The minimum Gasteiger partial charge on any atom is -0.497 e. The van der Waals surface area contributed by atoms with Crippen molar-refractivity contribution in [3.8, 4) is 17.0 Å². The molecule has 0 spiro atoms. The Morgan fingerprint density at radius 1 is 1.05 bits per heavy atom. The summed E-state index contributed by atoms with van der Waals surface area (Å²) in [5.74, 6) is 0.164. The van der Waals surface area contributed by atoms with Gasteiger partial charge < -0.3 is 15.4 Å². The zero-order chi connectivity index (χ0) is 27.0. The smallest absolute Gasteiger partial charge is 0.256 e. The molecule has 0 radical (unpaired) electrons. The number of hydrogen-bond donors (Lipinski definition) is 2. The van der Waals surface area contributed by atoms with Crippen LogP contribution in [-0.2, 0) is 14.6 Å². The highest BCUT2D eigenvalue weighted by Crippen LogP contribution is 2.33. The summed E-state index contributed by atoms with van der Waals surface area (Å²) in [4.78, 5) is 29.8. The number of benzene rings is 2. The Morgan fingerprint density at radius 3 is 2.39 bits per heavy atom. The van der Waals surface area contributed by atoms with Crippen LogP contribution in [0, 0.1) is 6.92 Å². The van der Waals surface area contributed by atoms with Gasteiger partial charge in [0, 0.05) is 23.9 Å². The molecule has 196 valence electrons. The number of methoxy groups -OCH3 is 1. The predicted molar refractivity (Wildman–Crippen MR) is 145 cm³/mol.